The van der Waals surface area contributed by atoms with Gasteiger partial charge in [-0.1, -0.05) is 39.0 Å². The molecule has 2 rings (SSSR count). The molecule has 0 radical (unpaired) electrons. The van der Waals surface area contributed by atoms with Crippen LogP contribution in [0.4, 0.5) is 0 Å². The molecule has 1 nitrogen and oxygen atoms in total. The predicted octanol–water partition coefficient (Wildman–Crippen LogP) is 3.07. The predicted molar refractivity (Wildman–Crippen MR) is 62.6 cm³/mol. The first-order chi connectivity index (χ1) is 6.71. The van der Waals surface area contributed by atoms with Crippen LogP contribution < -0.4 is 0 Å². The number of thioether (sulfide) groups is 1. The maximum absolute atomic E-state index is 10.5. The second kappa shape index (κ2) is 4.44. The molecule has 1 aliphatic heterocycles. The number of hydrogen-bond donors (Lipinski definition) is 1. The van der Waals surface area contributed by atoms with E-state index in [1.165, 1.54) is 32.1 Å². The fourth-order valence-electron chi connectivity index (χ4n) is 2.86. The van der Waals surface area contributed by atoms with Crippen LogP contribution in [0.2, 0.25) is 0 Å². The van der Waals surface area contributed by atoms with Crippen LogP contribution in [-0.2, 0) is 0 Å². The second-order valence-corrected chi connectivity index (χ2v) is 6.26. The van der Waals surface area contributed by atoms with Gasteiger partial charge in [-0.25, -0.2) is 0 Å². The SMILES string of the molecule is CC1CSCC1(O)CC1CCCCC1. The molecule has 2 atom stereocenters. The summed E-state index contributed by atoms with van der Waals surface area (Å²) in [5.41, 5.74) is -0.327. The third-order valence-corrected chi connectivity index (χ3v) is 5.44. The lowest BCUT2D eigenvalue weighted by Crippen LogP contribution is -2.38. The van der Waals surface area contributed by atoms with Gasteiger partial charge >= 0.3 is 0 Å². The summed E-state index contributed by atoms with van der Waals surface area (Å²) in [5, 5.41) is 10.5. The normalized spacial score (nSPS) is 40.3. The Morgan fingerprint density at radius 1 is 1.29 bits per heavy atom. The summed E-state index contributed by atoms with van der Waals surface area (Å²) in [6.07, 6.45) is 7.99. The van der Waals surface area contributed by atoms with E-state index in [2.05, 4.69) is 6.92 Å². The van der Waals surface area contributed by atoms with Crippen LogP contribution >= 0.6 is 11.8 Å². The molecule has 2 fully saturated rings. The zero-order valence-electron chi connectivity index (χ0n) is 9.17. The highest BCUT2D eigenvalue weighted by atomic mass is 32.2. The Balaban J connectivity index is 1.88. The van der Waals surface area contributed by atoms with Crippen LogP contribution in [0.15, 0.2) is 0 Å². The monoisotopic (exact) mass is 214 g/mol. The summed E-state index contributed by atoms with van der Waals surface area (Å²) in [7, 11) is 0. The fourth-order valence-corrected chi connectivity index (χ4v) is 4.40. The van der Waals surface area contributed by atoms with Gasteiger partial charge in [-0.3, -0.25) is 0 Å². The van der Waals surface area contributed by atoms with Crippen LogP contribution in [0.1, 0.15) is 45.4 Å². The lowest BCUT2D eigenvalue weighted by molar-refractivity contribution is -0.00114. The molecule has 0 aromatic carbocycles. The quantitative estimate of drug-likeness (QED) is 0.762. The van der Waals surface area contributed by atoms with E-state index in [9.17, 15) is 5.11 Å². The largest absolute Gasteiger partial charge is 0.389 e. The summed E-state index contributed by atoms with van der Waals surface area (Å²) < 4.78 is 0. The standard InChI is InChI=1S/C12H22OS/c1-10-8-14-9-12(10,13)7-11-5-3-2-4-6-11/h10-11,13H,2-9H2,1H3. The van der Waals surface area contributed by atoms with E-state index < -0.39 is 0 Å². The van der Waals surface area contributed by atoms with Gasteiger partial charge in [-0.15, -0.1) is 0 Å². The van der Waals surface area contributed by atoms with Gasteiger partial charge in [0.05, 0.1) is 5.60 Å². The molecule has 0 aromatic heterocycles. The molecule has 2 unspecified atom stereocenters. The van der Waals surface area contributed by atoms with Crippen LogP contribution in [0.5, 0.6) is 0 Å². The molecule has 1 heterocycles. The Kier molecular flexibility index (Phi) is 3.43. The Labute approximate surface area is 91.7 Å². The van der Waals surface area contributed by atoms with Crippen LogP contribution in [-0.4, -0.2) is 22.2 Å². The zero-order valence-corrected chi connectivity index (χ0v) is 9.98. The van der Waals surface area contributed by atoms with Crippen LogP contribution in [0.25, 0.3) is 0 Å². The van der Waals surface area contributed by atoms with Gasteiger partial charge in [-0.05, 0) is 24.0 Å². The molecule has 1 saturated carbocycles. The molecule has 1 saturated heterocycles. The minimum absolute atomic E-state index is 0.327. The van der Waals surface area contributed by atoms with Gasteiger partial charge in [0.2, 0.25) is 0 Å². The van der Waals surface area contributed by atoms with Crippen LogP contribution in [0, 0.1) is 11.8 Å². The van der Waals surface area contributed by atoms with Crippen molar-refractivity contribution in [2.24, 2.45) is 11.8 Å². The minimum Gasteiger partial charge on any atom is -0.389 e. The van der Waals surface area contributed by atoms with Gasteiger partial charge in [0.1, 0.15) is 0 Å². The highest BCUT2D eigenvalue weighted by Gasteiger charge is 2.40. The summed E-state index contributed by atoms with van der Waals surface area (Å²) in [4.78, 5) is 0. The van der Waals surface area contributed by atoms with Crippen molar-refractivity contribution < 1.29 is 5.11 Å². The smallest absolute Gasteiger partial charge is 0.0773 e. The molecule has 1 aliphatic carbocycles. The van der Waals surface area contributed by atoms with Crippen molar-refractivity contribution in [3.05, 3.63) is 0 Å². The Hall–Kier alpha value is 0.310. The minimum atomic E-state index is -0.327. The van der Waals surface area contributed by atoms with E-state index in [1.54, 1.807) is 0 Å². The van der Waals surface area contributed by atoms with Crippen molar-refractivity contribution in [3.8, 4) is 0 Å². The molecule has 0 aromatic rings. The third-order valence-electron chi connectivity index (χ3n) is 4.00. The van der Waals surface area contributed by atoms with Crippen molar-refractivity contribution in [2.75, 3.05) is 11.5 Å². The first kappa shape index (κ1) is 10.8. The molecule has 1 N–H and O–H groups in total. The highest BCUT2D eigenvalue weighted by molar-refractivity contribution is 7.99. The summed E-state index contributed by atoms with van der Waals surface area (Å²) in [6.45, 7) is 2.21. The number of aliphatic hydroxyl groups is 1. The fraction of sp³-hybridized carbons (Fsp3) is 1.00. The van der Waals surface area contributed by atoms with E-state index in [0.717, 1.165) is 23.8 Å². The van der Waals surface area contributed by atoms with Gasteiger partial charge in [0.25, 0.3) is 0 Å². The molecule has 14 heavy (non-hydrogen) atoms. The van der Waals surface area contributed by atoms with Crippen molar-refractivity contribution in [2.45, 2.75) is 51.0 Å². The van der Waals surface area contributed by atoms with E-state index in [0.29, 0.717) is 5.92 Å². The third kappa shape index (κ3) is 2.27. The molecule has 0 amide bonds. The number of rotatable bonds is 2. The van der Waals surface area contributed by atoms with Gasteiger partial charge in [0.15, 0.2) is 0 Å². The van der Waals surface area contributed by atoms with Gasteiger partial charge in [-0.2, -0.15) is 11.8 Å². The molecule has 2 aliphatic rings. The summed E-state index contributed by atoms with van der Waals surface area (Å²) >= 11 is 1.93. The molecular weight excluding hydrogens is 192 g/mol. The molecule has 82 valence electrons. The molecule has 2 heteroatoms. The maximum Gasteiger partial charge on any atom is 0.0773 e. The van der Waals surface area contributed by atoms with Crippen molar-refractivity contribution in [1.29, 1.82) is 0 Å². The average Bonchev–Trinajstić information content (AvgIpc) is 2.48. The first-order valence-electron chi connectivity index (χ1n) is 6.01. The molecule has 0 spiro atoms. The average molecular weight is 214 g/mol. The van der Waals surface area contributed by atoms with Crippen molar-refractivity contribution >= 4 is 11.8 Å². The van der Waals surface area contributed by atoms with E-state index >= 15 is 0 Å². The Morgan fingerprint density at radius 2 is 2.00 bits per heavy atom. The summed E-state index contributed by atoms with van der Waals surface area (Å²) in [5.74, 6) is 3.46. The lowest BCUT2D eigenvalue weighted by atomic mass is 9.77. The van der Waals surface area contributed by atoms with Crippen LogP contribution in [0.3, 0.4) is 0 Å². The highest BCUT2D eigenvalue weighted by Crippen LogP contribution is 2.40. The lowest BCUT2D eigenvalue weighted by Gasteiger charge is -2.33. The zero-order chi connectivity index (χ0) is 10.0. The van der Waals surface area contributed by atoms with E-state index in [4.69, 9.17) is 0 Å². The number of hydrogen-bond acceptors (Lipinski definition) is 2. The van der Waals surface area contributed by atoms with E-state index in [-0.39, 0.29) is 5.60 Å². The first-order valence-corrected chi connectivity index (χ1v) is 7.16. The van der Waals surface area contributed by atoms with Gasteiger partial charge in [0, 0.05) is 5.75 Å². The van der Waals surface area contributed by atoms with E-state index in [1.807, 2.05) is 11.8 Å². The Morgan fingerprint density at radius 3 is 2.57 bits per heavy atom. The molecular formula is C12H22OS. The maximum atomic E-state index is 10.5. The second-order valence-electron chi connectivity index (χ2n) is 5.23. The topological polar surface area (TPSA) is 20.2 Å². The Bertz CT molecular complexity index is 189. The molecule has 0 bridgehead atoms. The van der Waals surface area contributed by atoms with Crippen molar-refractivity contribution in [1.82, 2.24) is 0 Å². The summed E-state index contributed by atoms with van der Waals surface area (Å²) in [6, 6.07) is 0. The van der Waals surface area contributed by atoms with Gasteiger partial charge < -0.3 is 5.11 Å². The van der Waals surface area contributed by atoms with Crippen molar-refractivity contribution in [3.63, 3.8) is 0 Å².